The summed E-state index contributed by atoms with van der Waals surface area (Å²) in [6, 6.07) is 10.2. The minimum Gasteiger partial charge on any atom is -0.388 e. The Morgan fingerprint density at radius 3 is 2.38 bits per heavy atom. The van der Waals surface area contributed by atoms with Gasteiger partial charge >= 0.3 is 0 Å². The molecule has 1 saturated carbocycles. The van der Waals surface area contributed by atoms with Crippen LogP contribution in [0.4, 0.5) is 5.82 Å². The topological polar surface area (TPSA) is 117 Å². The van der Waals surface area contributed by atoms with Gasteiger partial charge in [-0.1, -0.05) is 11.8 Å². The van der Waals surface area contributed by atoms with Gasteiger partial charge in [0.1, 0.15) is 18.5 Å². The summed E-state index contributed by atoms with van der Waals surface area (Å²) in [6.45, 7) is -0.735. The van der Waals surface area contributed by atoms with Crippen molar-refractivity contribution in [2.45, 2.75) is 31.3 Å². The second-order valence-electron chi connectivity index (χ2n) is 6.92. The molecule has 1 atom stereocenters. The third-order valence-electron chi connectivity index (χ3n) is 4.80. The van der Waals surface area contributed by atoms with Gasteiger partial charge in [0.05, 0.1) is 0 Å². The lowest BCUT2D eigenvalue weighted by Gasteiger charge is -2.26. The molecule has 1 heterocycles. The normalized spacial score (nSPS) is 14.1. The van der Waals surface area contributed by atoms with E-state index < -0.39 is 24.3 Å². The number of benzene rings is 1. The number of hydrogen-bond donors (Lipinski definition) is 4. The number of amides is 1. The molecule has 150 valence electrons. The number of nitrogens with zero attached hydrogens (tertiary/aromatic N) is 1. The first-order valence-electron chi connectivity index (χ1n) is 9.58. The number of pyridine rings is 1. The quantitative estimate of drug-likeness (QED) is 0.524. The molecule has 1 aromatic carbocycles. The highest BCUT2D eigenvalue weighted by Gasteiger charge is 2.19. The van der Waals surface area contributed by atoms with Crippen LogP contribution in [-0.4, -0.2) is 47.0 Å². The largest absolute Gasteiger partial charge is 0.388 e. The monoisotopic (exact) mass is 392 g/mol. The second-order valence-corrected chi connectivity index (χ2v) is 6.92. The Morgan fingerprint density at radius 2 is 1.83 bits per heavy atom. The van der Waals surface area contributed by atoms with Gasteiger partial charge in [0.25, 0.3) is 5.91 Å². The lowest BCUT2D eigenvalue weighted by atomic mass is 9.93. The van der Waals surface area contributed by atoms with Crippen LogP contribution in [0.3, 0.4) is 0 Å². The minimum atomic E-state index is -0.902. The van der Waals surface area contributed by atoms with E-state index in [2.05, 4.69) is 27.5 Å². The number of aliphatic hydroxyl groups excluding tert-OH is 1. The number of hydrogen-bond acceptors (Lipinski definition) is 6. The summed E-state index contributed by atoms with van der Waals surface area (Å²) in [7, 11) is 0. The fraction of sp³-hybridized carbons (Fsp3) is 0.318. The van der Waals surface area contributed by atoms with Crippen molar-refractivity contribution in [1.29, 1.82) is 0 Å². The maximum Gasteiger partial charge on any atom is 0.251 e. The van der Waals surface area contributed by atoms with E-state index in [1.54, 1.807) is 30.5 Å². The van der Waals surface area contributed by atoms with Gasteiger partial charge in [-0.25, -0.2) is 4.98 Å². The summed E-state index contributed by atoms with van der Waals surface area (Å²) in [5, 5.41) is 14.8. The van der Waals surface area contributed by atoms with E-state index in [0.717, 1.165) is 16.9 Å². The molecule has 0 spiro atoms. The molecular formula is C22H24N4O3. The summed E-state index contributed by atoms with van der Waals surface area (Å²) in [5.74, 6) is 6.01. The van der Waals surface area contributed by atoms with Crippen molar-refractivity contribution in [1.82, 2.24) is 10.3 Å². The SMILES string of the molecule is NC[C@H](NC(=O)c1ccc(C#Cc2ccc(NC3CCC3)nc2)cc1)C(=O)CO. The molecule has 1 aromatic heterocycles. The van der Waals surface area contributed by atoms with Crippen LogP contribution < -0.4 is 16.4 Å². The molecule has 5 N–H and O–H groups in total. The van der Waals surface area contributed by atoms with E-state index in [0.29, 0.717) is 11.6 Å². The Bertz CT molecular complexity index is 910. The Labute approximate surface area is 169 Å². The Balaban J connectivity index is 1.59. The fourth-order valence-corrected chi connectivity index (χ4v) is 2.79. The maximum atomic E-state index is 12.2. The van der Waals surface area contributed by atoms with Gasteiger partial charge in [-0.15, -0.1) is 0 Å². The van der Waals surface area contributed by atoms with Crippen LogP contribution in [0.15, 0.2) is 42.6 Å². The van der Waals surface area contributed by atoms with Crippen LogP contribution in [0.1, 0.15) is 40.7 Å². The van der Waals surface area contributed by atoms with E-state index in [1.165, 1.54) is 19.3 Å². The molecule has 7 heteroatoms. The summed E-state index contributed by atoms with van der Waals surface area (Å²) in [4.78, 5) is 28.1. The van der Waals surface area contributed by atoms with Gasteiger partial charge in [-0.05, 0) is 55.7 Å². The first kappa shape index (κ1) is 20.5. The molecule has 0 radical (unpaired) electrons. The first-order chi connectivity index (χ1) is 14.1. The molecule has 0 saturated heterocycles. The average Bonchev–Trinajstić information content (AvgIpc) is 2.73. The average molecular weight is 392 g/mol. The minimum absolute atomic E-state index is 0.0717. The summed E-state index contributed by atoms with van der Waals surface area (Å²) in [5.41, 5.74) is 7.40. The molecule has 1 fully saturated rings. The molecule has 0 unspecified atom stereocenters. The van der Waals surface area contributed by atoms with Crippen LogP contribution in [0.25, 0.3) is 0 Å². The predicted molar refractivity (Wildman–Crippen MR) is 110 cm³/mol. The Kier molecular flexibility index (Phi) is 6.95. The molecule has 1 amide bonds. The number of aromatic nitrogens is 1. The lowest BCUT2D eigenvalue weighted by molar-refractivity contribution is -0.123. The summed E-state index contributed by atoms with van der Waals surface area (Å²) >= 11 is 0. The maximum absolute atomic E-state index is 12.2. The zero-order valence-electron chi connectivity index (χ0n) is 16.0. The Morgan fingerprint density at radius 1 is 1.14 bits per heavy atom. The zero-order valence-corrected chi connectivity index (χ0v) is 16.0. The van der Waals surface area contributed by atoms with Crippen LogP contribution in [0.5, 0.6) is 0 Å². The van der Waals surface area contributed by atoms with Crippen LogP contribution >= 0.6 is 0 Å². The number of carbonyl (C=O) groups is 2. The van der Waals surface area contributed by atoms with Gasteiger partial charge < -0.3 is 21.5 Å². The smallest absolute Gasteiger partial charge is 0.251 e. The van der Waals surface area contributed by atoms with Crippen LogP contribution in [-0.2, 0) is 4.79 Å². The van der Waals surface area contributed by atoms with E-state index >= 15 is 0 Å². The van der Waals surface area contributed by atoms with E-state index in [-0.39, 0.29) is 6.54 Å². The summed E-state index contributed by atoms with van der Waals surface area (Å²) in [6.07, 6.45) is 5.40. The molecule has 0 bridgehead atoms. The number of nitrogens with one attached hydrogen (secondary N) is 2. The fourth-order valence-electron chi connectivity index (χ4n) is 2.79. The third-order valence-corrected chi connectivity index (χ3v) is 4.80. The molecule has 3 rings (SSSR count). The highest BCUT2D eigenvalue weighted by Crippen LogP contribution is 2.22. The highest BCUT2D eigenvalue weighted by atomic mass is 16.3. The molecular weight excluding hydrogens is 368 g/mol. The van der Waals surface area contributed by atoms with E-state index in [4.69, 9.17) is 10.8 Å². The summed E-state index contributed by atoms with van der Waals surface area (Å²) < 4.78 is 0. The van der Waals surface area contributed by atoms with Crippen molar-refractivity contribution in [3.05, 3.63) is 59.3 Å². The van der Waals surface area contributed by atoms with Crippen molar-refractivity contribution < 1.29 is 14.7 Å². The number of anilines is 1. The number of carbonyl (C=O) groups excluding carboxylic acids is 2. The molecule has 2 aromatic rings. The van der Waals surface area contributed by atoms with E-state index in [1.807, 2.05) is 12.1 Å². The zero-order chi connectivity index (χ0) is 20.6. The van der Waals surface area contributed by atoms with Gasteiger partial charge in [-0.2, -0.15) is 0 Å². The van der Waals surface area contributed by atoms with Crippen molar-refractivity contribution in [2.75, 3.05) is 18.5 Å². The lowest BCUT2D eigenvalue weighted by Crippen LogP contribution is -2.46. The highest BCUT2D eigenvalue weighted by molar-refractivity contribution is 5.98. The van der Waals surface area contributed by atoms with Crippen molar-refractivity contribution in [3.8, 4) is 11.8 Å². The van der Waals surface area contributed by atoms with Crippen LogP contribution in [0.2, 0.25) is 0 Å². The van der Waals surface area contributed by atoms with Crippen molar-refractivity contribution in [3.63, 3.8) is 0 Å². The number of ketones is 1. The molecule has 0 aliphatic heterocycles. The number of nitrogens with two attached hydrogens (primary N) is 1. The standard InChI is InChI=1S/C22H24N4O3/c23-12-19(20(28)14-27)26-22(29)17-9-6-15(7-10-17)4-5-16-8-11-21(24-13-16)25-18-2-1-3-18/h6-11,13,18-19,27H,1-3,12,14,23H2,(H,24,25)(H,26,29)/t19-/m0/s1. The molecule has 1 aliphatic rings. The van der Waals surface area contributed by atoms with Crippen molar-refractivity contribution in [2.24, 2.45) is 5.73 Å². The third kappa shape index (κ3) is 5.64. The van der Waals surface area contributed by atoms with Crippen LogP contribution in [0, 0.1) is 11.8 Å². The van der Waals surface area contributed by atoms with Gasteiger partial charge in [0.2, 0.25) is 0 Å². The first-order valence-corrected chi connectivity index (χ1v) is 9.58. The Hall–Kier alpha value is -3.21. The molecule has 7 nitrogen and oxygen atoms in total. The van der Waals surface area contributed by atoms with E-state index in [9.17, 15) is 9.59 Å². The number of rotatable bonds is 7. The van der Waals surface area contributed by atoms with Gasteiger partial charge in [-0.3, -0.25) is 9.59 Å². The second kappa shape index (κ2) is 9.82. The van der Waals surface area contributed by atoms with Crippen molar-refractivity contribution >= 4 is 17.5 Å². The molecule has 29 heavy (non-hydrogen) atoms. The number of aliphatic hydroxyl groups is 1. The molecule has 1 aliphatic carbocycles. The predicted octanol–water partition coefficient (Wildman–Crippen LogP) is 1.06. The van der Waals surface area contributed by atoms with Gasteiger partial charge in [0.15, 0.2) is 5.78 Å². The van der Waals surface area contributed by atoms with Gasteiger partial charge in [0, 0.05) is 35.5 Å². The number of Topliss-reactive ketones (excluding diaryl/α,β-unsaturated/α-hetero) is 1.